The molecule has 0 aliphatic rings. The molecular weight excluding hydrogens is 198 g/mol. The molecule has 6 heteroatoms. The summed E-state index contributed by atoms with van der Waals surface area (Å²) in [5.74, 6) is 0. The predicted molar refractivity (Wildman–Crippen MR) is 53.4 cm³/mol. The quantitative estimate of drug-likeness (QED) is 0.296. The van der Waals surface area contributed by atoms with Crippen molar-refractivity contribution in [1.82, 2.24) is 9.78 Å². The van der Waals surface area contributed by atoms with Crippen LogP contribution in [0.1, 0.15) is 25.7 Å². The zero-order valence-corrected chi connectivity index (χ0v) is 8.33. The number of hydrogen-bond acceptors (Lipinski definition) is 4. The fraction of sp³-hybridized carbons (Fsp3) is 0.556. The molecule has 0 N–H and O–H groups in total. The lowest BCUT2D eigenvalue weighted by molar-refractivity contribution is -0.385. The van der Waals surface area contributed by atoms with E-state index < -0.39 is 4.92 Å². The zero-order chi connectivity index (χ0) is 11.1. The van der Waals surface area contributed by atoms with Crippen LogP contribution in [-0.2, 0) is 11.3 Å². The Kier molecular flexibility index (Phi) is 4.46. The van der Waals surface area contributed by atoms with E-state index in [-0.39, 0.29) is 5.69 Å². The highest BCUT2D eigenvalue weighted by Crippen LogP contribution is 2.09. The minimum absolute atomic E-state index is 0.0166. The Morgan fingerprint density at radius 1 is 1.47 bits per heavy atom. The van der Waals surface area contributed by atoms with E-state index in [1.807, 2.05) is 0 Å². The molecule has 1 heterocycles. The number of rotatable bonds is 7. The summed E-state index contributed by atoms with van der Waals surface area (Å²) in [7, 11) is 0. The fourth-order valence-corrected chi connectivity index (χ4v) is 1.25. The Labute approximate surface area is 87.0 Å². The van der Waals surface area contributed by atoms with E-state index in [0.717, 1.165) is 25.5 Å². The SMILES string of the molecule is O=CCCCCCn1cc([N+](=O)[O-])cn1. The van der Waals surface area contributed by atoms with Crippen molar-refractivity contribution in [2.24, 2.45) is 0 Å². The zero-order valence-electron chi connectivity index (χ0n) is 8.33. The minimum atomic E-state index is -0.462. The molecule has 0 atom stereocenters. The highest BCUT2D eigenvalue weighted by molar-refractivity contribution is 5.48. The maximum Gasteiger partial charge on any atom is 0.306 e. The van der Waals surface area contributed by atoms with Gasteiger partial charge in [-0.25, -0.2) is 0 Å². The topological polar surface area (TPSA) is 78.0 Å². The number of carbonyl (C=O) groups excluding carboxylic acids is 1. The van der Waals surface area contributed by atoms with Gasteiger partial charge in [0.2, 0.25) is 0 Å². The Bertz CT molecular complexity index is 335. The van der Waals surface area contributed by atoms with E-state index in [1.54, 1.807) is 4.68 Å². The van der Waals surface area contributed by atoms with Crippen LogP contribution in [-0.4, -0.2) is 21.0 Å². The number of nitro groups is 1. The predicted octanol–water partition coefficient (Wildman–Crippen LogP) is 1.55. The molecule has 0 amide bonds. The van der Waals surface area contributed by atoms with E-state index in [0.29, 0.717) is 13.0 Å². The molecule has 0 saturated carbocycles. The fourth-order valence-electron chi connectivity index (χ4n) is 1.25. The lowest BCUT2D eigenvalue weighted by atomic mass is 10.2. The summed E-state index contributed by atoms with van der Waals surface area (Å²) in [4.78, 5) is 19.9. The van der Waals surface area contributed by atoms with Crippen LogP contribution in [0, 0.1) is 10.1 Å². The van der Waals surface area contributed by atoms with E-state index in [2.05, 4.69) is 5.10 Å². The Morgan fingerprint density at radius 3 is 2.87 bits per heavy atom. The smallest absolute Gasteiger partial charge is 0.303 e. The van der Waals surface area contributed by atoms with Gasteiger partial charge in [-0.1, -0.05) is 6.42 Å². The van der Waals surface area contributed by atoms with Crippen molar-refractivity contribution in [2.75, 3.05) is 0 Å². The Hall–Kier alpha value is -1.72. The van der Waals surface area contributed by atoms with Crippen LogP contribution in [0.4, 0.5) is 5.69 Å². The monoisotopic (exact) mass is 211 g/mol. The van der Waals surface area contributed by atoms with Crippen molar-refractivity contribution in [3.8, 4) is 0 Å². The Balaban J connectivity index is 2.25. The van der Waals surface area contributed by atoms with Gasteiger partial charge in [0.1, 0.15) is 18.7 Å². The molecule has 0 fully saturated rings. The van der Waals surface area contributed by atoms with Gasteiger partial charge in [0.05, 0.1) is 4.92 Å². The maximum absolute atomic E-state index is 10.3. The summed E-state index contributed by atoms with van der Waals surface area (Å²) in [6, 6.07) is 0. The first kappa shape index (κ1) is 11.4. The molecule has 1 rings (SSSR count). The molecule has 82 valence electrons. The van der Waals surface area contributed by atoms with Crippen LogP contribution in [0.15, 0.2) is 12.4 Å². The van der Waals surface area contributed by atoms with E-state index >= 15 is 0 Å². The lowest BCUT2D eigenvalue weighted by Crippen LogP contribution is -1.98. The maximum atomic E-state index is 10.3. The molecular formula is C9H13N3O3. The first-order valence-electron chi connectivity index (χ1n) is 4.84. The van der Waals surface area contributed by atoms with Crippen LogP contribution in [0.2, 0.25) is 0 Å². The van der Waals surface area contributed by atoms with E-state index in [4.69, 9.17) is 0 Å². The van der Waals surface area contributed by atoms with Crippen molar-refractivity contribution >= 4 is 12.0 Å². The van der Waals surface area contributed by atoms with Gasteiger partial charge in [-0.2, -0.15) is 5.10 Å². The lowest BCUT2D eigenvalue weighted by Gasteiger charge is -1.98. The van der Waals surface area contributed by atoms with Crippen molar-refractivity contribution in [2.45, 2.75) is 32.2 Å². The molecule has 6 nitrogen and oxygen atoms in total. The largest absolute Gasteiger partial charge is 0.306 e. The van der Waals surface area contributed by atoms with Crippen molar-refractivity contribution in [3.63, 3.8) is 0 Å². The second-order valence-corrected chi connectivity index (χ2v) is 3.23. The first-order valence-corrected chi connectivity index (χ1v) is 4.84. The van der Waals surface area contributed by atoms with Crippen molar-refractivity contribution in [3.05, 3.63) is 22.5 Å². The van der Waals surface area contributed by atoms with Gasteiger partial charge in [-0.05, 0) is 12.8 Å². The first-order chi connectivity index (χ1) is 7.24. The average Bonchev–Trinajstić information content (AvgIpc) is 2.66. The second kappa shape index (κ2) is 5.90. The molecule has 0 aliphatic carbocycles. The summed E-state index contributed by atoms with van der Waals surface area (Å²) < 4.78 is 1.55. The normalized spacial score (nSPS) is 10.1. The average molecular weight is 211 g/mol. The van der Waals surface area contributed by atoms with Gasteiger partial charge in [-0.3, -0.25) is 14.8 Å². The summed E-state index contributed by atoms with van der Waals surface area (Å²) in [6.45, 7) is 0.659. The molecule has 15 heavy (non-hydrogen) atoms. The number of aromatic nitrogens is 2. The number of hydrogen-bond donors (Lipinski definition) is 0. The van der Waals surface area contributed by atoms with Gasteiger partial charge >= 0.3 is 5.69 Å². The van der Waals surface area contributed by atoms with Gasteiger partial charge in [-0.15, -0.1) is 0 Å². The third-order valence-corrected chi connectivity index (χ3v) is 2.04. The minimum Gasteiger partial charge on any atom is -0.303 e. The van der Waals surface area contributed by atoms with Crippen LogP contribution in [0.5, 0.6) is 0 Å². The number of unbranched alkanes of at least 4 members (excludes halogenated alkanes) is 3. The van der Waals surface area contributed by atoms with Gasteiger partial charge < -0.3 is 4.79 Å². The molecule has 0 unspecified atom stereocenters. The van der Waals surface area contributed by atoms with E-state index in [1.165, 1.54) is 12.4 Å². The summed E-state index contributed by atoms with van der Waals surface area (Å²) in [6.07, 6.45) is 6.83. The van der Waals surface area contributed by atoms with Gasteiger partial charge in [0.15, 0.2) is 0 Å². The second-order valence-electron chi connectivity index (χ2n) is 3.23. The van der Waals surface area contributed by atoms with Crippen molar-refractivity contribution in [1.29, 1.82) is 0 Å². The summed E-state index contributed by atoms with van der Waals surface area (Å²) in [5.41, 5.74) is 0.0166. The number of nitrogens with zero attached hydrogens (tertiary/aromatic N) is 3. The third kappa shape index (κ3) is 3.88. The van der Waals surface area contributed by atoms with E-state index in [9.17, 15) is 14.9 Å². The highest BCUT2D eigenvalue weighted by Gasteiger charge is 2.07. The molecule has 1 aromatic heterocycles. The molecule has 0 spiro atoms. The van der Waals surface area contributed by atoms with Crippen LogP contribution < -0.4 is 0 Å². The molecule has 1 aromatic rings. The van der Waals surface area contributed by atoms with Gasteiger partial charge in [0.25, 0.3) is 0 Å². The number of aldehydes is 1. The highest BCUT2D eigenvalue weighted by atomic mass is 16.6. The molecule has 0 aliphatic heterocycles. The standard InChI is InChI=1S/C9H13N3O3/c13-6-4-2-1-3-5-11-8-9(7-10-11)12(14)15/h6-8H,1-5H2. The summed E-state index contributed by atoms with van der Waals surface area (Å²) >= 11 is 0. The summed E-state index contributed by atoms with van der Waals surface area (Å²) in [5, 5.41) is 14.2. The number of aryl methyl sites for hydroxylation is 1. The van der Waals surface area contributed by atoms with Crippen LogP contribution in [0.25, 0.3) is 0 Å². The van der Waals surface area contributed by atoms with Crippen molar-refractivity contribution < 1.29 is 9.72 Å². The molecule has 0 saturated heterocycles. The number of carbonyl (C=O) groups is 1. The van der Waals surface area contributed by atoms with Crippen LogP contribution in [0.3, 0.4) is 0 Å². The Morgan fingerprint density at radius 2 is 2.27 bits per heavy atom. The van der Waals surface area contributed by atoms with Gasteiger partial charge in [0, 0.05) is 13.0 Å². The molecule has 0 aromatic carbocycles. The molecule has 0 radical (unpaired) electrons. The third-order valence-electron chi connectivity index (χ3n) is 2.04. The molecule has 0 bridgehead atoms. The van der Waals surface area contributed by atoms with Crippen LogP contribution >= 0.6 is 0 Å².